The highest BCUT2D eigenvalue weighted by atomic mass is 35.5. The lowest BCUT2D eigenvalue weighted by atomic mass is 10.0. The Morgan fingerprint density at radius 1 is 1.48 bits per heavy atom. The molecular weight excluding hydrogens is 360 g/mol. The molecule has 2 heterocycles. The third-order valence-electron chi connectivity index (χ3n) is 4.33. The van der Waals surface area contributed by atoms with Crippen LogP contribution in [0.5, 0.6) is 5.75 Å². The highest BCUT2D eigenvalue weighted by Gasteiger charge is 2.23. The summed E-state index contributed by atoms with van der Waals surface area (Å²) in [7, 11) is 1.59. The molecular formula is C17H21ClN4O2S. The van der Waals surface area contributed by atoms with E-state index < -0.39 is 0 Å². The topological polar surface area (TPSA) is 71.1 Å². The number of ether oxygens (including phenoxy) is 1. The van der Waals surface area contributed by atoms with Crippen LogP contribution >= 0.6 is 23.4 Å². The number of hydrogen-bond donors (Lipinski definition) is 1. The van der Waals surface area contributed by atoms with Crippen molar-refractivity contribution in [3.63, 3.8) is 0 Å². The third kappa shape index (κ3) is 4.27. The van der Waals surface area contributed by atoms with Crippen molar-refractivity contribution >= 4 is 29.3 Å². The Morgan fingerprint density at radius 2 is 2.32 bits per heavy atom. The van der Waals surface area contributed by atoms with E-state index in [2.05, 4.69) is 22.1 Å². The first-order valence-electron chi connectivity index (χ1n) is 8.27. The van der Waals surface area contributed by atoms with Crippen LogP contribution in [0.1, 0.15) is 26.2 Å². The Morgan fingerprint density at radius 3 is 3.08 bits per heavy atom. The summed E-state index contributed by atoms with van der Waals surface area (Å²) < 4.78 is 5.34. The fourth-order valence-electron chi connectivity index (χ4n) is 2.97. The summed E-state index contributed by atoms with van der Waals surface area (Å²) in [6, 6.07) is 5.64. The van der Waals surface area contributed by atoms with Gasteiger partial charge in [-0.2, -0.15) is 0 Å². The number of H-pyrrole nitrogens is 1. The van der Waals surface area contributed by atoms with E-state index in [1.165, 1.54) is 18.2 Å². The number of nitrogens with one attached hydrogen (secondary N) is 1. The molecule has 1 aliphatic heterocycles. The molecule has 0 aliphatic carbocycles. The third-order valence-corrected chi connectivity index (χ3v) is 5.40. The van der Waals surface area contributed by atoms with Crippen molar-refractivity contribution in [1.29, 1.82) is 0 Å². The zero-order valence-electron chi connectivity index (χ0n) is 14.3. The Balaban J connectivity index is 1.66. The lowest BCUT2D eigenvalue weighted by molar-refractivity contribution is -0.131. The quantitative estimate of drug-likeness (QED) is 0.802. The summed E-state index contributed by atoms with van der Waals surface area (Å²) in [5.41, 5.74) is 0.741. The minimum absolute atomic E-state index is 0.142. The van der Waals surface area contributed by atoms with Crippen molar-refractivity contribution in [3.05, 3.63) is 23.2 Å². The summed E-state index contributed by atoms with van der Waals surface area (Å²) in [5.74, 6) is 1.72. The van der Waals surface area contributed by atoms with E-state index >= 15 is 0 Å². The van der Waals surface area contributed by atoms with Crippen molar-refractivity contribution in [2.24, 2.45) is 0 Å². The smallest absolute Gasteiger partial charge is 0.233 e. The number of aromatic amines is 1. The second kappa shape index (κ2) is 8.10. The minimum Gasteiger partial charge on any atom is -0.496 e. The molecule has 1 amide bonds. The van der Waals surface area contributed by atoms with E-state index in [1.807, 2.05) is 4.90 Å². The summed E-state index contributed by atoms with van der Waals surface area (Å²) >= 11 is 7.40. The summed E-state index contributed by atoms with van der Waals surface area (Å²) in [5, 5.41) is 8.21. The van der Waals surface area contributed by atoms with Crippen LogP contribution in [-0.4, -0.2) is 51.4 Å². The Labute approximate surface area is 156 Å². The van der Waals surface area contributed by atoms with Crippen molar-refractivity contribution in [3.8, 4) is 17.1 Å². The van der Waals surface area contributed by atoms with Gasteiger partial charge in [-0.05, 0) is 44.4 Å². The number of likely N-dealkylation sites (tertiary alicyclic amines) is 1. The normalized spacial score (nSPS) is 17.6. The number of nitrogens with zero attached hydrogens (tertiary/aromatic N) is 3. The molecule has 1 aromatic heterocycles. The molecule has 1 fully saturated rings. The molecule has 0 bridgehead atoms. The molecule has 1 atom stereocenters. The Kier molecular flexibility index (Phi) is 5.86. The number of benzene rings is 1. The maximum Gasteiger partial charge on any atom is 0.233 e. The molecule has 1 aromatic carbocycles. The number of hydrogen-bond acceptors (Lipinski definition) is 5. The first-order valence-corrected chi connectivity index (χ1v) is 9.63. The van der Waals surface area contributed by atoms with Gasteiger partial charge in [-0.1, -0.05) is 23.4 Å². The second-order valence-electron chi connectivity index (χ2n) is 6.03. The van der Waals surface area contributed by atoms with Crippen molar-refractivity contribution in [2.45, 2.75) is 37.4 Å². The predicted octanol–water partition coefficient (Wildman–Crippen LogP) is 3.63. The number of piperidine rings is 1. The van der Waals surface area contributed by atoms with Crippen LogP contribution in [0.2, 0.25) is 5.02 Å². The van der Waals surface area contributed by atoms with Gasteiger partial charge in [-0.3, -0.25) is 9.89 Å². The molecule has 1 N–H and O–H groups in total. The molecule has 0 spiro atoms. The van der Waals surface area contributed by atoms with Gasteiger partial charge in [-0.15, -0.1) is 5.10 Å². The zero-order chi connectivity index (χ0) is 17.8. The number of halogens is 1. The number of carbonyl (C=O) groups excluding carboxylic acids is 1. The zero-order valence-corrected chi connectivity index (χ0v) is 15.9. The Hall–Kier alpha value is -1.73. The minimum atomic E-state index is 0.142. The predicted molar refractivity (Wildman–Crippen MR) is 99.1 cm³/mol. The van der Waals surface area contributed by atoms with Crippen LogP contribution in [0.15, 0.2) is 23.4 Å². The fraction of sp³-hybridized carbons (Fsp3) is 0.471. The maximum absolute atomic E-state index is 12.4. The molecule has 6 nitrogen and oxygen atoms in total. The van der Waals surface area contributed by atoms with Gasteiger partial charge in [0.2, 0.25) is 11.1 Å². The number of aromatic nitrogens is 3. The van der Waals surface area contributed by atoms with E-state index in [9.17, 15) is 4.79 Å². The van der Waals surface area contributed by atoms with Crippen molar-refractivity contribution in [2.75, 3.05) is 19.4 Å². The first-order chi connectivity index (χ1) is 12.1. The van der Waals surface area contributed by atoms with Crippen LogP contribution < -0.4 is 4.74 Å². The molecule has 0 unspecified atom stereocenters. The van der Waals surface area contributed by atoms with E-state index in [4.69, 9.17) is 16.3 Å². The summed E-state index contributed by atoms with van der Waals surface area (Å²) in [4.78, 5) is 18.8. The number of amides is 1. The number of carbonyl (C=O) groups is 1. The molecule has 2 aromatic rings. The Bertz CT molecular complexity index is 752. The number of methoxy groups -OCH3 is 1. The molecule has 25 heavy (non-hydrogen) atoms. The highest BCUT2D eigenvalue weighted by molar-refractivity contribution is 7.99. The van der Waals surface area contributed by atoms with Crippen LogP contribution in [0.25, 0.3) is 11.4 Å². The highest BCUT2D eigenvalue weighted by Crippen LogP contribution is 2.31. The largest absolute Gasteiger partial charge is 0.496 e. The SMILES string of the molecule is COc1ccc(Cl)cc1-c1nc(SCC(=O)N2CCCC[C@@H]2C)n[nH]1. The van der Waals surface area contributed by atoms with E-state index in [0.717, 1.165) is 24.9 Å². The van der Waals surface area contributed by atoms with Crippen LogP contribution in [0.3, 0.4) is 0 Å². The lowest BCUT2D eigenvalue weighted by Gasteiger charge is -2.33. The van der Waals surface area contributed by atoms with Crippen molar-refractivity contribution < 1.29 is 9.53 Å². The first kappa shape index (κ1) is 18.1. The van der Waals surface area contributed by atoms with Gasteiger partial charge < -0.3 is 9.64 Å². The van der Waals surface area contributed by atoms with Gasteiger partial charge >= 0.3 is 0 Å². The lowest BCUT2D eigenvalue weighted by Crippen LogP contribution is -2.42. The molecule has 1 aliphatic rings. The molecule has 8 heteroatoms. The molecule has 3 rings (SSSR count). The van der Waals surface area contributed by atoms with Crippen LogP contribution in [-0.2, 0) is 4.79 Å². The molecule has 134 valence electrons. The monoisotopic (exact) mass is 380 g/mol. The maximum atomic E-state index is 12.4. The van der Waals surface area contributed by atoms with Crippen LogP contribution in [0.4, 0.5) is 0 Å². The average molecular weight is 381 g/mol. The van der Waals surface area contributed by atoms with Gasteiger partial charge in [-0.25, -0.2) is 4.98 Å². The van der Waals surface area contributed by atoms with Gasteiger partial charge in [0.1, 0.15) is 5.75 Å². The van der Waals surface area contributed by atoms with E-state index in [-0.39, 0.29) is 5.91 Å². The van der Waals surface area contributed by atoms with E-state index in [0.29, 0.717) is 33.5 Å². The van der Waals surface area contributed by atoms with Gasteiger partial charge in [0.05, 0.1) is 18.4 Å². The van der Waals surface area contributed by atoms with Gasteiger partial charge in [0.15, 0.2) is 5.82 Å². The van der Waals surface area contributed by atoms with Crippen LogP contribution in [0, 0.1) is 0 Å². The summed E-state index contributed by atoms with van der Waals surface area (Å²) in [6.07, 6.45) is 3.36. The number of rotatable bonds is 5. The average Bonchev–Trinajstić information content (AvgIpc) is 3.09. The van der Waals surface area contributed by atoms with Crippen molar-refractivity contribution in [1.82, 2.24) is 20.1 Å². The molecule has 0 saturated carbocycles. The molecule has 1 saturated heterocycles. The summed E-state index contributed by atoms with van der Waals surface area (Å²) in [6.45, 7) is 2.96. The standard InChI is InChI=1S/C17H21ClN4O2S/c1-11-5-3-4-8-22(11)15(23)10-25-17-19-16(20-21-17)13-9-12(18)6-7-14(13)24-2/h6-7,9,11H,3-5,8,10H2,1-2H3,(H,19,20,21)/t11-/m0/s1. The molecule has 0 radical (unpaired) electrons. The van der Waals surface area contributed by atoms with Gasteiger partial charge in [0.25, 0.3) is 0 Å². The fourth-order valence-corrected chi connectivity index (χ4v) is 3.83. The number of thioether (sulfide) groups is 1. The van der Waals surface area contributed by atoms with Gasteiger partial charge in [0, 0.05) is 17.6 Å². The van der Waals surface area contributed by atoms with E-state index in [1.54, 1.807) is 25.3 Å². The second-order valence-corrected chi connectivity index (χ2v) is 7.41.